The molecule has 0 saturated carbocycles. The molecule has 4 unspecified atom stereocenters. The molecule has 198 valence electrons. The summed E-state index contributed by atoms with van der Waals surface area (Å²) in [5, 5.41) is 2.77. The van der Waals surface area contributed by atoms with Gasteiger partial charge in [-0.3, -0.25) is 9.59 Å². The van der Waals surface area contributed by atoms with E-state index in [2.05, 4.69) is 53.8 Å². The van der Waals surface area contributed by atoms with Gasteiger partial charge < -0.3 is 24.3 Å². The van der Waals surface area contributed by atoms with Gasteiger partial charge in [-0.1, -0.05) is 60.2 Å². The number of ether oxygens (including phenoxy) is 4. The van der Waals surface area contributed by atoms with Crippen molar-refractivity contribution in [1.82, 2.24) is 5.32 Å². The van der Waals surface area contributed by atoms with Crippen LogP contribution in [-0.4, -0.2) is 61.3 Å². The summed E-state index contributed by atoms with van der Waals surface area (Å²) in [5.74, 6) is 2.50. The lowest BCUT2D eigenvalue weighted by atomic mass is 9.78. The number of thioether (sulfide) groups is 1. The van der Waals surface area contributed by atoms with Crippen LogP contribution < -0.4 is 5.32 Å². The standard InChI is InChI=1S/C26H47NO6S/c1-9-22-17(4)15(2)20(7)26(32-22)31-13-23-18(5)16(3)19(6)25(33-23)30-12-10-11-27-24(29)14-34-21(8)28/h15-20,22-23,25-26H,9-14H2,1-8H3,(H,27,29)/t15-,16-,17-,18-,19?,20?,22?,23?,25+,26+/m0/s1. The third-order valence-electron chi connectivity index (χ3n) is 8.13. The van der Waals surface area contributed by atoms with E-state index in [1.165, 1.54) is 6.92 Å². The zero-order valence-electron chi connectivity index (χ0n) is 22.4. The first-order valence-corrected chi connectivity index (χ1v) is 14.0. The summed E-state index contributed by atoms with van der Waals surface area (Å²) in [4.78, 5) is 22.7. The van der Waals surface area contributed by atoms with Crippen LogP contribution in [0.3, 0.4) is 0 Å². The van der Waals surface area contributed by atoms with Crippen LogP contribution in [0.5, 0.6) is 0 Å². The molecule has 0 aliphatic carbocycles. The molecule has 2 heterocycles. The Hall–Kier alpha value is -0.670. The highest BCUT2D eigenvalue weighted by Crippen LogP contribution is 2.39. The molecular weight excluding hydrogens is 454 g/mol. The highest BCUT2D eigenvalue weighted by atomic mass is 32.2. The van der Waals surface area contributed by atoms with Gasteiger partial charge in [0.1, 0.15) is 0 Å². The third kappa shape index (κ3) is 8.19. The minimum Gasteiger partial charge on any atom is -0.355 e. The van der Waals surface area contributed by atoms with Gasteiger partial charge in [0.15, 0.2) is 17.7 Å². The van der Waals surface area contributed by atoms with Gasteiger partial charge in [0.05, 0.1) is 31.2 Å². The number of amides is 1. The molecule has 8 heteroatoms. The van der Waals surface area contributed by atoms with Crippen LogP contribution in [0.2, 0.25) is 0 Å². The molecule has 2 aliphatic heterocycles. The summed E-state index contributed by atoms with van der Waals surface area (Å²) in [6, 6.07) is 0. The van der Waals surface area contributed by atoms with E-state index in [0.717, 1.165) is 18.2 Å². The average Bonchev–Trinajstić information content (AvgIpc) is 2.81. The lowest BCUT2D eigenvalue weighted by Gasteiger charge is -2.46. The van der Waals surface area contributed by atoms with Crippen LogP contribution in [0.4, 0.5) is 0 Å². The van der Waals surface area contributed by atoms with E-state index in [1.807, 2.05) is 0 Å². The first-order chi connectivity index (χ1) is 16.1. The number of carbonyl (C=O) groups is 2. The molecule has 0 aromatic heterocycles. The maximum absolute atomic E-state index is 11.7. The monoisotopic (exact) mass is 501 g/mol. The highest BCUT2D eigenvalue weighted by Gasteiger charge is 2.42. The molecule has 2 fully saturated rings. The Labute approximate surface area is 210 Å². The zero-order valence-corrected chi connectivity index (χ0v) is 23.2. The topological polar surface area (TPSA) is 83.1 Å². The molecule has 0 aromatic rings. The second kappa shape index (κ2) is 14.2. The average molecular weight is 502 g/mol. The Balaban J connectivity index is 1.80. The van der Waals surface area contributed by atoms with Crippen LogP contribution in [0, 0.1) is 35.5 Å². The molecule has 0 spiro atoms. The van der Waals surface area contributed by atoms with Crippen LogP contribution in [0.25, 0.3) is 0 Å². The number of hydrogen-bond acceptors (Lipinski definition) is 7. The minimum atomic E-state index is -0.296. The van der Waals surface area contributed by atoms with Gasteiger partial charge in [0, 0.05) is 25.3 Å². The second-order valence-corrected chi connectivity index (χ2v) is 11.5. The van der Waals surface area contributed by atoms with Crippen molar-refractivity contribution in [3.05, 3.63) is 0 Å². The van der Waals surface area contributed by atoms with Gasteiger partial charge in [-0.15, -0.1) is 0 Å². The van der Waals surface area contributed by atoms with Crippen molar-refractivity contribution in [1.29, 1.82) is 0 Å². The van der Waals surface area contributed by atoms with E-state index in [9.17, 15) is 9.59 Å². The first-order valence-electron chi connectivity index (χ1n) is 13.0. The molecule has 2 saturated heterocycles. The highest BCUT2D eigenvalue weighted by molar-refractivity contribution is 8.14. The van der Waals surface area contributed by atoms with Crippen molar-refractivity contribution in [2.75, 3.05) is 25.5 Å². The predicted octanol–water partition coefficient (Wildman–Crippen LogP) is 4.48. The molecule has 2 rings (SSSR count). The van der Waals surface area contributed by atoms with E-state index >= 15 is 0 Å². The summed E-state index contributed by atoms with van der Waals surface area (Å²) >= 11 is 1.02. The number of hydrogen-bond donors (Lipinski definition) is 1. The van der Waals surface area contributed by atoms with Crippen LogP contribution in [-0.2, 0) is 28.5 Å². The lowest BCUT2D eigenvalue weighted by Crippen LogP contribution is -2.50. The molecule has 10 atom stereocenters. The SMILES string of the molecule is CCC1O[C@@H](OCC2O[C@@H](OCCCNC(=O)CSC(C)=O)C(C)[C@@H](C)[C@@H]2C)C(C)[C@@H](C)[C@@H]1C. The molecule has 1 amide bonds. The lowest BCUT2D eigenvalue weighted by molar-refractivity contribution is -0.289. The van der Waals surface area contributed by atoms with Gasteiger partial charge in [0.2, 0.25) is 5.91 Å². The van der Waals surface area contributed by atoms with Gasteiger partial charge >= 0.3 is 0 Å². The van der Waals surface area contributed by atoms with Crippen molar-refractivity contribution >= 4 is 22.8 Å². The molecule has 0 radical (unpaired) electrons. The van der Waals surface area contributed by atoms with E-state index in [-0.39, 0.29) is 47.5 Å². The molecule has 34 heavy (non-hydrogen) atoms. The second-order valence-electron chi connectivity index (χ2n) is 10.3. The van der Waals surface area contributed by atoms with Crippen LogP contribution in [0.1, 0.15) is 68.2 Å². The Bertz CT molecular complexity index is 647. The molecular formula is C26H47NO6S. The van der Waals surface area contributed by atoms with Gasteiger partial charge in [-0.2, -0.15) is 0 Å². The largest absolute Gasteiger partial charge is 0.355 e. The number of rotatable bonds is 11. The predicted molar refractivity (Wildman–Crippen MR) is 135 cm³/mol. The van der Waals surface area contributed by atoms with Crippen LogP contribution in [0.15, 0.2) is 0 Å². The first kappa shape index (κ1) is 29.6. The van der Waals surface area contributed by atoms with Crippen molar-refractivity contribution in [3.63, 3.8) is 0 Å². The fourth-order valence-corrected chi connectivity index (χ4v) is 5.36. The molecule has 1 N–H and O–H groups in total. The van der Waals surface area contributed by atoms with E-state index in [4.69, 9.17) is 18.9 Å². The third-order valence-corrected chi connectivity index (χ3v) is 8.94. The quantitative estimate of drug-likeness (QED) is 0.418. The summed E-state index contributed by atoms with van der Waals surface area (Å²) in [5.41, 5.74) is 0. The van der Waals surface area contributed by atoms with Crippen molar-refractivity contribution in [2.45, 2.75) is 93.0 Å². The van der Waals surface area contributed by atoms with Crippen molar-refractivity contribution in [2.24, 2.45) is 35.5 Å². The molecule has 2 aliphatic rings. The smallest absolute Gasteiger partial charge is 0.230 e. The summed E-state index contributed by atoms with van der Waals surface area (Å²) in [6.45, 7) is 18.6. The van der Waals surface area contributed by atoms with E-state index in [1.54, 1.807) is 0 Å². The fourth-order valence-electron chi connectivity index (χ4n) is 4.92. The summed E-state index contributed by atoms with van der Waals surface area (Å²) in [6.07, 6.45) is 1.37. The van der Waals surface area contributed by atoms with E-state index < -0.39 is 0 Å². The normalized spacial score (nSPS) is 38.5. The summed E-state index contributed by atoms with van der Waals surface area (Å²) in [7, 11) is 0. The Morgan fingerprint density at radius 1 is 0.824 bits per heavy atom. The van der Waals surface area contributed by atoms with Gasteiger partial charge in [-0.25, -0.2) is 0 Å². The van der Waals surface area contributed by atoms with Crippen molar-refractivity contribution < 1.29 is 28.5 Å². The van der Waals surface area contributed by atoms with Gasteiger partial charge in [-0.05, 0) is 36.5 Å². The molecule has 0 aromatic carbocycles. The molecule has 0 bridgehead atoms. The number of nitrogens with one attached hydrogen (secondary N) is 1. The van der Waals surface area contributed by atoms with Crippen molar-refractivity contribution in [3.8, 4) is 0 Å². The minimum absolute atomic E-state index is 0.0509. The zero-order chi connectivity index (χ0) is 25.4. The maximum Gasteiger partial charge on any atom is 0.230 e. The summed E-state index contributed by atoms with van der Waals surface area (Å²) < 4.78 is 25.1. The molecule has 7 nitrogen and oxygen atoms in total. The fraction of sp³-hybridized carbons (Fsp3) is 0.923. The van der Waals surface area contributed by atoms with Gasteiger partial charge in [0.25, 0.3) is 0 Å². The number of carbonyl (C=O) groups excluding carboxylic acids is 2. The van der Waals surface area contributed by atoms with Crippen LogP contribution >= 0.6 is 11.8 Å². The Morgan fingerprint density at radius 2 is 1.38 bits per heavy atom. The Kier molecular flexibility index (Phi) is 12.3. The maximum atomic E-state index is 11.7. The Morgan fingerprint density at radius 3 is 1.97 bits per heavy atom. The van der Waals surface area contributed by atoms with E-state index in [0.29, 0.717) is 55.8 Å².